The molecule has 1 aromatic carbocycles. The van der Waals surface area contributed by atoms with E-state index < -0.39 is 15.9 Å². The lowest BCUT2D eigenvalue weighted by Crippen LogP contribution is -2.32. The van der Waals surface area contributed by atoms with Crippen LogP contribution in [0.2, 0.25) is 5.02 Å². The monoisotopic (exact) mass is 424 g/mol. The highest BCUT2D eigenvalue weighted by molar-refractivity contribution is 7.89. The van der Waals surface area contributed by atoms with Crippen molar-refractivity contribution >= 4 is 33.3 Å². The second kappa shape index (κ2) is 8.23. The minimum absolute atomic E-state index is 0.0263. The molecule has 0 radical (unpaired) electrons. The number of amides is 1. The summed E-state index contributed by atoms with van der Waals surface area (Å²) in [5.74, 6) is 0.171. The third-order valence-corrected chi connectivity index (χ3v) is 7.51. The number of aromatic nitrogens is 2. The van der Waals surface area contributed by atoms with E-state index in [2.05, 4.69) is 10.4 Å². The Morgan fingerprint density at radius 2 is 1.79 bits per heavy atom. The summed E-state index contributed by atoms with van der Waals surface area (Å²) in [6.07, 6.45) is 3.70. The van der Waals surface area contributed by atoms with Gasteiger partial charge in [-0.25, -0.2) is 8.42 Å². The quantitative estimate of drug-likeness (QED) is 0.813. The number of hydrogen-bond donors (Lipinski definition) is 1. The number of halogens is 1. The molecular weight excluding hydrogens is 400 g/mol. The fourth-order valence-corrected chi connectivity index (χ4v) is 5.40. The van der Waals surface area contributed by atoms with E-state index in [9.17, 15) is 13.2 Å². The number of sulfonamides is 1. The van der Waals surface area contributed by atoms with Crippen molar-refractivity contribution in [3.05, 3.63) is 40.0 Å². The fourth-order valence-electron chi connectivity index (χ4n) is 3.38. The van der Waals surface area contributed by atoms with Crippen LogP contribution in [-0.4, -0.2) is 41.5 Å². The van der Waals surface area contributed by atoms with Crippen molar-refractivity contribution in [3.8, 4) is 0 Å². The topological polar surface area (TPSA) is 84.3 Å². The Hall–Kier alpha value is -1.90. The summed E-state index contributed by atoms with van der Waals surface area (Å²) >= 11 is 6.21. The van der Waals surface area contributed by atoms with Gasteiger partial charge in [0.2, 0.25) is 10.0 Å². The molecule has 1 N–H and O–H groups in total. The van der Waals surface area contributed by atoms with Gasteiger partial charge in [-0.3, -0.25) is 9.48 Å². The standard InChI is InChI=1S/C19H25ClN4O3S/c1-13-14(2)22-23(3)18(13)21-19(25)15-8-9-16(20)17(12-15)28(26,27)24-10-6-4-5-7-11-24/h8-9,12H,4-7,10-11H2,1-3H3,(H,21,25). The lowest BCUT2D eigenvalue weighted by molar-refractivity contribution is 0.102. The van der Waals surface area contributed by atoms with Crippen molar-refractivity contribution in [2.24, 2.45) is 7.05 Å². The number of rotatable bonds is 4. The van der Waals surface area contributed by atoms with Crippen molar-refractivity contribution in [1.82, 2.24) is 14.1 Å². The Morgan fingerprint density at radius 1 is 1.14 bits per heavy atom. The van der Waals surface area contributed by atoms with Crippen molar-refractivity contribution in [2.75, 3.05) is 18.4 Å². The number of nitrogens with zero attached hydrogens (tertiary/aromatic N) is 3. The van der Waals surface area contributed by atoms with Crippen LogP contribution in [0.25, 0.3) is 0 Å². The second-order valence-electron chi connectivity index (χ2n) is 7.10. The summed E-state index contributed by atoms with van der Waals surface area (Å²) in [5.41, 5.74) is 1.91. The van der Waals surface area contributed by atoms with Crippen LogP contribution in [0.15, 0.2) is 23.1 Å². The zero-order chi connectivity index (χ0) is 20.5. The molecule has 1 aliphatic heterocycles. The molecule has 0 unspecified atom stereocenters. The van der Waals surface area contributed by atoms with Gasteiger partial charge in [-0.1, -0.05) is 24.4 Å². The first-order chi connectivity index (χ1) is 13.2. The molecule has 0 saturated carbocycles. The minimum Gasteiger partial charge on any atom is -0.307 e. The maximum absolute atomic E-state index is 13.1. The number of nitrogens with one attached hydrogen (secondary N) is 1. The van der Waals surface area contributed by atoms with Crippen LogP contribution < -0.4 is 5.32 Å². The second-order valence-corrected chi connectivity index (χ2v) is 9.41. The summed E-state index contributed by atoms with van der Waals surface area (Å²) in [4.78, 5) is 12.7. The van der Waals surface area contributed by atoms with Crippen LogP contribution in [0.3, 0.4) is 0 Å². The van der Waals surface area contributed by atoms with Gasteiger partial charge in [-0.15, -0.1) is 0 Å². The van der Waals surface area contributed by atoms with E-state index in [4.69, 9.17) is 11.6 Å². The molecule has 1 amide bonds. The molecule has 0 atom stereocenters. The molecule has 3 rings (SSSR count). The van der Waals surface area contributed by atoms with Gasteiger partial charge in [-0.05, 0) is 44.9 Å². The van der Waals surface area contributed by atoms with E-state index in [0.29, 0.717) is 18.9 Å². The molecule has 28 heavy (non-hydrogen) atoms. The SMILES string of the molecule is Cc1nn(C)c(NC(=O)c2ccc(Cl)c(S(=O)(=O)N3CCCCCC3)c2)c1C. The molecular formula is C19H25ClN4O3S. The highest BCUT2D eigenvalue weighted by atomic mass is 35.5. The maximum Gasteiger partial charge on any atom is 0.256 e. The number of benzene rings is 1. The highest BCUT2D eigenvalue weighted by Gasteiger charge is 2.28. The molecule has 0 spiro atoms. The van der Waals surface area contributed by atoms with Crippen molar-refractivity contribution in [1.29, 1.82) is 0 Å². The number of anilines is 1. The zero-order valence-electron chi connectivity index (χ0n) is 16.3. The smallest absolute Gasteiger partial charge is 0.256 e. The Morgan fingerprint density at radius 3 is 2.36 bits per heavy atom. The third-order valence-electron chi connectivity index (χ3n) is 5.13. The summed E-state index contributed by atoms with van der Waals surface area (Å²) in [7, 11) is -2.01. The first-order valence-corrected chi connectivity index (χ1v) is 11.1. The molecule has 9 heteroatoms. The number of carbonyl (C=O) groups excluding carboxylic acids is 1. The lowest BCUT2D eigenvalue weighted by atomic mass is 10.2. The third kappa shape index (κ3) is 4.09. The molecule has 2 heterocycles. The zero-order valence-corrected chi connectivity index (χ0v) is 17.9. The first-order valence-electron chi connectivity index (χ1n) is 9.33. The Bertz CT molecular complexity index is 993. The molecule has 1 aromatic heterocycles. The molecule has 152 valence electrons. The summed E-state index contributed by atoms with van der Waals surface area (Å²) in [6.45, 7) is 4.68. The molecule has 1 fully saturated rings. The van der Waals surface area contributed by atoms with Gasteiger partial charge in [-0.2, -0.15) is 9.40 Å². The van der Waals surface area contributed by atoms with Crippen molar-refractivity contribution < 1.29 is 13.2 Å². The van der Waals surface area contributed by atoms with Crippen molar-refractivity contribution in [2.45, 2.75) is 44.4 Å². The van der Waals surface area contributed by atoms with E-state index >= 15 is 0 Å². The summed E-state index contributed by atoms with van der Waals surface area (Å²) in [6, 6.07) is 4.34. The van der Waals surface area contributed by atoms with Gasteiger partial charge in [0.05, 0.1) is 10.7 Å². The Kier molecular flexibility index (Phi) is 6.12. The largest absolute Gasteiger partial charge is 0.307 e. The lowest BCUT2D eigenvalue weighted by Gasteiger charge is -2.21. The predicted molar refractivity (Wildman–Crippen MR) is 109 cm³/mol. The molecule has 1 aliphatic rings. The summed E-state index contributed by atoms with van der Waals surface area (Å²) in [5, 5.41) is 7.21. The summed E-state index contributed by atoms with van der Waals surface area (Å²) < 4.78 is 29.3. The van der Waals surface area contributed by atoms with E-state index in [1.165, 1.54) is 22.5 Å². The highest BCUT2D eigenvalue weighted by Crippen LogP contribution is 2.28. The fraction of sp³-hybridized carbons (Fsp3) is 0.474. The number of aryl methyl sites for hydroxylation is 2. The predicted octanol–water partition coefficient (Wildman–Crippen LogP) is 3.51. The average Bonchev–Trinajstić information content (AvgIpc) is 2.87. The van der Waals surface area contributed by atoms with Gasteiger partial charge in [0.15, 0.2) is 0 Å². The van der Waals surface area contributed by atoms with Crippen LogP contribution in [0.1, 0.15) is 47.3 Å². The van der Waals surface area contributed by atoms with Gasteiger partial charge >= 0.3 is 0 Å². The van der Waals surface area contributed by atoms with E-state index in [0.717, 1.165) is 36.9 Å². The van der Waals surface area contributed by atoms with E-state index in [-0.39, 0.29) is 15.5 Å². The maximum atomic E-state index is 13.1. The number of hydrogen-bond acceptors (Lipinski definition) is 4. The van der Waals surface area contributed by atoms with E-state index in [1.807, 2.05) is 13.8 Å². The Balaban J connectivity index is 1.91. The molecule has 2 aromatic rings. The number of carbonyl (C=O) groups is 1. The van der Waals surface area contributed by atoms with Crippen LogP contribution in [0, 0.1) is 13.8 Å². The van der Waals surface area contributed by atoms with Gasteiger partial charge in [0.1, 0.15) is 10.7 Å². The van der Waals surface area contributed by atoms with Crippen molar-refractivity contribution in [3.63, 3.8) is 0 Å². The molecule has 0 aliphatic carbocycles. The first kappa shape index (κ1) is 20.8. The van der Waals surface area contributed by atoms with Crippen LogP contribution >= 0.6 is 11.6 Å². The average molecular weight is 425 g/mol. The van der Waals surface area contributed by atoms with E-state index in [1.54, 1.807) is 11.7 Å². The van der Waals surface area contributed by atoms with Crippen LogP contribution in [-0.2, 0) is 17.1 Å². The van der Waals surface area contributed by atoms with Crippen LogP contribution in [0.4, 0.5) is 5.82 Å². The molecule has 7 nitrogen and oxygen atoms in total. The van der Waals surface area contributed by atoms with Gasteiger partial charge < -0.3 is 5.32 Å². The molecule has 1 saturated heterocycles. The Labute approximate surface area is 170 Å². The van der Waals surface area contributed by atoms with Gasteiger partial charge in [0.25, 0.3) is 5.91 Å². The molecule has 0 bridgehead atoms. The van der Waals surface area contributed by atoms with Gasteiger partial charge in [0, 0.05) is 31.3 Å². The normalized spacial score (nSPS) is 16.0. The van der Waals surface area contributed by atoms with Crippen LogP contribution in [0.5, 0.6) is 0 Å². The minimum atomic E-state index is -3.75.